The zero-order valence-corrected chi connectivity index (χ0v) is 17.1. The van der Waals surface area contributed by atoms with Crippen molar-refractivity contribution in [1.29, 1.82) is 0 Å². The molecule has 3 amide bonds. The van der Waals surface area contributed by atoms with Gasteiger partial charge in [0.25, 0.3) is 11.8 Å². The Hall–Kier alpha value is -3.35. The number of carbonyl (C=O) groups is 3. The van der Waals surface area contributed by atoms with E-state index in [0.29, 0.717) is 29.2 Å². The van der Waals surface area contributed by atoms with E-state index in [1.807, 2.05) is 0 Å². The molecule has 0 saturated heterocycles. The van der Waals surface area contributed by atoms with Gasteiger partial charge in [-0.2, -0.15) is 0 Å². The van der Waals surface area contributed by atoms with Gasteiger partial charge in [0.05, 0.1) is 12.2 Å². The second-order valence-corrected chi connectivity index (χ2v) is 7.30. The summed E-state index contributed by atoms with van der Waals surface area (Å²) in [5, 5.41) is 2.82. The Balaban J connectivity index is 1.51. The van der Waals surface area contributed by atoms with Gasteiger partial charge in [0.1, 0.15) is 5.75 Å². The highest BCUT2D eigenvalue weighted by molar-refractivity contribution is 6.01. The smallest absolute Gasteiger partial charge is 0.273 e. The maximum Gasteiger partial charge on any atom is 0.273 e. The van der Waals surface area contributed by atoms with Crippen molar-refractivity contribution in [3.05, 3.63) is 59.7 Å². The summed E-state index contributed by atoms with van der Waals surface area (Å²) in [5.41, 5.74) is 6.19. The maximum atomic E-state index is 12.5. The van der Waals surface area contributed by atoms with Crippen LogP contribution in [-0.2, 0) is 4.79 Å². The third-order valence-corrected chi connectivity index (χ3v) is 4.79. The van der Waals surface area contributed by atoms with Gasteiger partial charge in [-0.05, 0) is 55.7 Å². The molecule has 3 N–H and O–H groups in total. The molecule has 2 aromatic rings. The van der Waals surface area contributed by atoms with Crippen molar-refractivity contribution in [2.75, 3.05) is 11.9 Å². The van der Waals surface area contributed by atoms with Crippen LogP contribution in [0.2, 0.25) is 0 Å². The summed E-state index contributed by atoms with van der Waals surface area (Å²) in [6.45, 7) is 2.65. The van der Waals surface area contributed by atoms with E-state index in [1.54, 1.807) is 48.5 Å². The highest BCUT2D eigenvalue weighted by atomic mass is 16.5. The minimum atomic E-state index is -0.456. The van der Waals surface area contributed by atoms with Crippen LogP contribution in [-0.4, -0.2) is 24.3 Å². The van der Waals surface area contributed by atoms with Gasteiger partial charge in [0.2, 0.25) is 5.91 Å². The maximum absolute atomic E-state index is 12.5. The highest BCUT2D eigenvalue weighted by Crippen LogP contribution is 2.30. The number of rotatable bonds is 9. The van der Waals surface area contributed by atoms with E-state index in [-0.39, 0.29) is 11.8 Å². The third-order valence-electron chi connectivity index (χ3n) is 4.79. The molecule has 1 fully saturated rings. The van der Waals surface area contributed by atoms with Crippen LogP contribution in [0.1, 0.15) is 59.7 Å². The monoisotopic (exact) mass is 409 g/mol. The van der Waals surface area contributed by atoms with Gasteiger partial charge in [-0.3, -0.25) is 25.2 Å². The lowest BCUT2D eigenvalue weighted by Gasteiger charge is -2.12. The van der Waals surface area contributed by atoms with E-state index in [1.165, 1.54) is 0 Å². The standard InChI is InChI=1S/C23H27N3O4/c1-2-3-6-15-30-20-8-5-4-7-19(20)23(29)26-25-22(28)17-11-13-18(14-12-17)24-21(27)16-9-10-16/h4-5,7-8,11-14,16H,2-3,6,9-10,15H2,1H3,(H,24,27)(H,25,28)(H,26,29). The molecule has 0 atom stereocenters. The fraction of sp³-hybridized carbons (Fsp3) is 0.348. The molecule has 1 aliphatic rings. The van der Waals surface area contributed by atoms with Crippen LogP contribution in [0.25, 0.3) is 0 Å². The van der Waals surface area contributed by atoms with Crippen molar-refractivity contribution in [3.8, 4) is 5.75 Å². The van der Waals surface area contributed by atoms with E-state index in [9.17, 15) is 14.4 Å². The predicted octanol–water partition coefficient (Wildman–Crippen LogP) is 3.68. The van der Waals surface area contributed by atoms with Crippen molar-refractivity contribution in [1.82, 2.24) is 10.9 Å². The first-order valence-electron chi connectivity index (χ1n) is 10.3. The molecule has 3 rings (SSSR count). The van der Waals surface area contributed by atoms with Crippen LogP contribution in [0.15, 0.2) is 48.5 Å². The van der Waals surface area contributed by atoms with Crippen LogP contribution in [0, 0.1) is 5.92 Å². The molecule has 1 saturated carbocycles. The topological polar surface area (TPSA) is 96.5 Å². The molecule has 30 heavy (non-hydrogen) atoms. The van der Waals surface area contributed by atoms with Crippen LogP contribution >= 0.6 is 0 Å². The number of nitrogens with one attached hydrogen (secondary N) is 3. The van der Waals surface area contributed by atoms with Gasteiger partial charge in [0, 0.05) is 17.2 Å². The lowest BCUT2D eigenvalue weighted by atomic mass is 10.2. The Kier molecular flexibility index (Phi) is 7.43. The van der Waals surface area contributed by atoms with Crippen LogP contribution in [0.5, 0.6) is 5.75 Å². The van der Waals surface area contributed by atoms with Crippen molar-refractivity contribution < 1.29 is 19.1 Å². The Labute approximate surface area is 176 Å². The van der Waals surface area contributed by atoms with Gasteiger partial charge in [0.15, 0.2) is 0 Å². The third kappa shape index (κ3) is 6.07. The Morgan fingerprint density at radius 2 is 1.63 bits per heavy atom. The summed E-state index contributed by atoms with van der Waals surface area (Å²) >= 11 is 0. The van der Waals surface area contributed by atoms with E-state index >= 15 is 0 Å². The number of amides is 3. The molecule has 7 heteroatoms. The minimum Gasteiger partial charge on any atom is -0.493 e. The average molecular weight is 409 g/mol. The molecule has 0 bridgehead atoms. The van der Waals surface area contributed by atoms with Gasteiger partial charge in [-0.25, -0.2) is 0 Å². The molecule has 0 unspecified atom stereocenters. The van der Waals surface area contributed by atoms with Crippen molar-refractivity contribution in [2.24, 2.45) is 5.92 Å². The summed E-state index contributed by atoms with van der Waals surface area (Å²) in [6.07, 6.45) is 4.93. The second kappa shape index (κ2) is 10.4. The van der Waals surface area contributed by atoms with Gasteiger partial charge in [-0.1, -0.05) is 31.9 Å². The first-order chi connectivity index (χ1) is 14.6. The minimum absolute atomic E-state index is 0.00930. The zero-order chi connectivity index (χ0) is 21.3. The van der Waals surface area contributed by atoms with Gasteiger partial charge < -0.3 is 10.1 Å². The molecule has 2 aromatic carbocycles. The fourth-order valence-corrected chi connectivity index (χ4v) is 2.86. The summed E-state index contributed by atoms with van der Waals surface area (Å²) in [4.78, 5) is 36.6. The number of carbonyl (C=O) groups excluding carboxylic acids is 3. The van der Waals surface area contributed by atoms with Gasteiger partial charge >= 0.3 is 0 Å². The molecule has 0 aliphatic heterocycles. The fourth-order valence-electron chi connectivity index (χ4n) is 2.86. The molecule has 0 heterocycles. The molecule has 0 aromatic heterocycles. The van der Waals surface area contributed by atoms with E-state index in [0.717, 1.165) is 32.1 Å². The first-order valence-corrected chi connectivity index (χ1v) is 10.3. The zero-order valence-electron chi connectivity index (χ0n) is 17.1. The number of hydrogen-bond donors (Lipinski definition) is 3. The van der Waals surface area contributed by atoms with Crippen molar-refractivity contribution >= 4 is 23.4 Å². The number of unbranched alkanes of at least 4 members (excludes halogenated alkanes) is 2. The number of anilines is 1. The highest BCUT2D eigenvalue weighted by Gasteiger charge is 2.29. The number of hydrazine groups is 1. The van der Waals surface area contributed by atoms with Crippen LogP contribution in [0.4, 0.5) is 5.69 Å². The lowest BCUT2D eigenvalue weighted by Crippen LogP contribution is -2.41. The molecule has 7 nitrogen and oxygen atoms in total. The predicted molar refractivity (Wildman–Crippen MR) is 114 cm³/mol. The molecular weight excluding hydrogens is 382 g/mol. The van der Waals surface area contributed by atoms with E-state index < -0.39 is 11.8 Å². The number of ether oxygens (including phenoxy) is 1. The van der Waals surface area contributed by atoms with E-state index in [2.05, 4.69) is 23.1 Å². The van der Waals surface area contributed by atoms with Crippen molar-refractivity contribution in [3.63, 3.8) is 0 Å². The second-order valence-electron chi connectivity index (χ2n) is 7.30. The summed E-state index contributed by atoms with van der Waals surface area (Å²) in [5.74, 6) is -0.305. The summed E-state index contributed by atoms with van der Waals surface area (Å²) < 4.78 is 5.71. The van der Waals surface area contributed by atoms with Crippen LogP contribution in [0.3, 0.4) is 0 Å². The lowest BCUT2D eigenvalue weighted by molar-refractivity contribution is -0.117. The normalized spacial score (nSPS) is 12.7. The Morgan fingerprint density at radius 3 is 2.33 bits per heavy atom. The largest absolute Gasteiger partial charge is 0.493 e. The SMILES string of the molecule is CCCCCOc1ccccc1C(=O)NNC(=O)c1ccc(NC(=O)C2CC2)cc1. The number of hydrogen-bond acceptors (Lipinski definition) is 4. The van der Waals surface area contributed by atoms with E-state index in [4.69, 9.17) is 4.74 Å². The average Bonchev–Trinajstić information content (AvgIpc) is 3.61. The Bertz CT molecular complexity index is 892. The van der Waals surface area contributed by atoms with Crippen molar-refractivity contribution in [2.45, 2.75) is 39.0 Å². The molecular formula is C23H27N3O4. The summed E-state index contributed by atoms with van der Waals surface area (Å²) in [7, 11) is 0. The summed E-state index contributed by atoms with van der Waals surface area (Å²) in [6, 6.07) is 13.4. The van der Waals surface area contributed by atoms with Gasteiger partial charge in [-0.15, -0.1) is 0 Å². The Morgan fingerprint density at radius 1 is 0.933 bits per heavy atom. The van der Waals surface area contributed by atoms with Crippen LogP contribution < -0.4 is 20.9 Å². The quantitative estimate of drug-likeness (QED) is 0.435. The number of para-hydroxylation sites is 1. The molecule has 0 radical (unpaired) electrons. The first kappa shape index (κ1) is 21.4. The molecule has 1 aliphatic carbocycles. The molecule has 0 spiro atoms. The number of benzene rings is 2. The molecule has 158 valence electrons.